The fraction of sp³-hybridized carbons (Fsp3) is 0.250. The normalized spacial score (nSPS) is 12.8. The fourth-order valence-corrected chi connectivity index (χ4v) is 3.75. The molecule has 1 heterocycles. The van der Waals surface area contributed by atoms with Crippen LogP contribution in [0.2, 0.25) is 5.02 Å². The summed E-state index contributed by atoms with van der Waals surface area (Å²) in [4.78, 5) is 12.2. The summed E-state index contributed by atoms with van der Waals surface area (Å²) < 4.78 is 5.56. The van der Waals surface area contributed by atoms with Crippen LogP contribution in [-0.2, 0) is 25.9 Å². The lowest BCUT2D eigenvalue weighted by Crippen LogP contribution is -2.14. The number of halogens is 2. The van der Waals surface area contributed by atoms with Gasteiger partial charge in [0, 0.05) is 29.1 Å². The van der Waals surface area contributed by atoms with Crippen LogP contribution >= 0.6 is 24.0 Å². The molecule has 1 aromatic heterocycles. The summed E-state index contributed by atoms with van der Waals surface area (Å²) in [6, 6.07) is 11.1. The molecule has 0 saturated carbocycles. The van der Waals surface area contributed by atoms with Crippen molar-refractivity contribution in [3.05, 3.63) is 74.1 Å². The number of aromatic hydroxyl groups is 1. The summed E-state index contributed by atoms with van der Waals surface area (Å²) >= 11 is 6.00. The number of benzene rings is 2. The highest BCUT2D eigenvalue weighted by molar-refractivity contribution is 6.30. The van der Waals surface area contributed by atoms with E-state index in [2.05, 4.69) is 5.32 Å². The van der Waals surface area contributed by atoms with Crippen LogP contribution in [0.4, 0.5) is 0 Å². The van der Waals surface area contributed by atoms with Gasteiger partial charge in [-0.25, -0.2) is 4.79 Å². The second kappa shape index (κ2) is 7.70. The molecule has 6 heteroatoms. The molecule has 0 unspecified atom stereocenters. The van der Waals surface area contributed by atoms with Gasteiger partial charge in [-0.2, -0.15) is 0 Å². The highest BCUT2D eigenvalue weighted by Crippen LogP contribution is 2.33. The van der Waals surface area contributed by atoms with Gasteiger partial charge in [0.1, 0.15) is 11.3 Å². The van der Waals surface area contributed by atoms with Gasteiger partial charge in [-0.15, -0.1) is 12.4 Å². The Bertz CT molecular complexity index is 1010. The minimum Gasteiger partial charge on any atom is -0.507 e. The number of fused-ring (bicyclic) bond motifs is 3. The van der Waals surface area contributed by atoms with Crippen molar-refractivity contribution in [3.63, 3.8) is 0 Å². The molecule has 1 aliphatic carbocycles. The highest BCUT2D eigenvalue weighted by Gasteiger charge is 2.21. The third-order valence-corrected chi connectivity index (χ3v) is 4.97. The van der Waals surface area contributed by atoms with Crippen molar-refractivity contribution in [1.29, 1.82) is 0 Å². The highest BCUT2D eigenvalue weighted by atomic mass is 35.5. The first-order chi connectivity index (χ1) is 12.1. The standard InChI is InChI=1S/C20H18ClNO3.ClH/c21-13-4-1-3-12(9-13)10-22-11-17-18(23)8-7-15-14-5-2-6-16(14)20(24)25-19(15)17;/h1,3-4,7-9,22-23H,2,5-6,10-11H2;1H. The van der Waals surface area contributed by atoms with Gasteiger partial charge < -0.3 is 14.8 Å². The monoisotopic (exact) mass is 391 g/mol. The summed E-state index contributed by atoms with van der Waals surface area (Å²) in [5.74, 6) is 0.132. The van der Waals surface area contributed by atoms with Gasteiger partial charge >= 0.3 is 5.63 Å². The lowest BCUT2D eigenvalue weighted by atomic mass is 10.0. The number of rotatable bonds is 4. The predicted octanol–water partition coefficient (Wildman–Crippen LogP) is 4.35. The van der Waals surface area contributed by atoms with Crippen molar-refractivity contribution in [2.24, 2.45) is 0 Å². The zero-order valence-corrected chi connectivity index (χ0v) is 15.6. The van der Waals surface area contributed by atoms with Crippen LogP contribution in [0.15, 0.2) is 45.6 Å². The number of aryl methyl sites for hydroxylation is 1. The van der Waals surface area contributed by atoms with Crippen LogP contribution in [0.5, 0.6) is 5.75 Å². The minimum absolute atomic E-state index is 0. The van der Waals surface area contributed by atoms with Gasteiger partial charge in [0.25, 0.3) is 0 Å². The number of hydrogen-bond donors (Lipinski definition) is 2. The average Bonchev–Trinajstić information content (AvgIpc) is 3.08. The Morgan fingerprint density at radius 1 is 1.12 bits per heavy atom. The molecular formula is C20H19Cl2NO3. The van der Waals surface area contributed by atoms with E-state index in [4.69, 9.17) is 16.0 Å². The summed E-state index contributed by atoms with van der Waals surface area (Å²) in [6.45, 7) is 1.00. The Kier molecular flexibility index (Phi) is 5.56. The Labute approximate surface area is 162 Å². The van der Waals surface area contributed by atoms with E-state index in [1.165, 1.54) is 0 Å². The van der Waals surface area contributed by atoms with Gasteiger partial charge in [0.15, 0.2) is 0 Å². The summed E-state index contributed by atoms with van der Waals surface area (Å²) in [6.07, 6.45) is 2.64. The first-order valence-corrected chi connectivity index (χ1v) is 8.76. The van der Waals surface area contributed by atoms with Crippen molar-refractivity contribution in [2.45, 2.75) is 32.4 Å². The number of nitrogens with one attached hydrogen (secondary N) is 1. The van der Waals surface area contributed by atoms with E-state index in [0.717, 1.165) is 41.3 Å². The van der Waals surface area contributed by atoms with E-state index >= 15 is 0 Å². The van der Waals surface area contributed by atoms with Crippen molar-refractivity contribution < 1.29 is 9.52 Å². The molecule has 0 bridgehead atoms. The molecule has 0 aliphatic heterocycles. The lowest BCUT2D eigenvalue weighted by molar-refractivity contribution is 0.460. The maximum atomic E-state index is 12.2. The molecule has 26 heavy (non-hydrogen) atoms. The average molecular weight is 392 g/mol. The van der Waals surface area contributed by atoms with E-state index in [1.54, 1.807) is 6.07 Å². The van der Waals surface area contributed by atoms with Gasteiger partial charge in [-0.3, -0.25) is 0 Å². The molecule has 0 atom stereocenters. The zero-order valence-electron chi connectivity index (χ0n) is 14.0. The number of phenols is 1. The summed E-state index contributed by atoms with van der Waals surface area (Å²) in [5.41, 5.74) is 3.74. The molecule has 0 spiro atoms. The predicted molar refractivity (Wildman–Crippen MR) is 105 cm³/mol. The van der Waals surface area contributed by atoms with E-state index in [1.807, 2.05) is 30.3 Å². The Morgan fingerprint density at radius 3 is 2.73 bits per heavy atom. The van der Waals surface area contributed by atoms with Crippen molar-refractivity contribution >= 4 is 35.0 Å². The van der Waals surface area contributed by atoms with Crippen molar-refractivity contribution in [3.8, 4) is 5.75 Å². The lowest BCUT2D eigenvalue weighted by Gasteiger charge is -2.11. The first kappa shape index (κ1) is 18.8. The van der Waals surface area contributed by atoms with Crippen LogP contribution in [0.1, 0.15) is 28.7 Å². The third-order valence-electron chi connectivity index (χ3n) is 4.74. The van der Waals surface area contributed by atoms with Gasteiger partial charge in [-0.1, -0.05) is 23.7 Å². The topological polar surface area (TPSA) is 62.5 Å². The number of phenolic OH excluding ortho intramolecular Hbond substituents is 1. The second-order valence-electron chi connectivity index (χ2n) is 6.37. The first-order valence-electron chi connectivity index (χ1n) is 8.38. The molecule has 0 amide bonds. The molecular weight excluding hydrogens is 373 g/mol. The maximum absolute atomic E-state index is 12.2. The quantitative estimate of drug-likeness (QED) is 0.648. The largest absolute Gasteiger partial charge is 0.507 e. The van der Waals surface area contributed by atoms with Gasteiger partial charge in [0.2, 0.25) is 0 Å². The number of hydrogen-bond acceptors (Lipinski definition) is 4. The summed E-state index contributed by atoms with van der Waals surface area (Å²) in [5, 5.41) is 15.2. The van der Waals surface area contributed by atoms with Crippen LogP contribution < -0.4 is 10.9 Å². The summed E-state index contributed by atoms with van der Waals surface area (Å²) in [7, 11) is 0. The van der Waals surface area contributed by atoms with Crippen LogP contribution in [0.3, 0.4) is 0 Å². The molecule has 2 aromatic carbocycles. The van der Waals surface area contributed by atoms with E-state index in [9.17, 15) is 9.90 Å². The Hall–Kier alpha value is -2.01. The van der Waals surface area contributed by atoms with Crippen LogP contribution in [0.25, 0.3) is 11.0 Å². The van der Waals surface area contributed by atoms with Crippen LogP contribution in [-0.4, -0.2) is 5.11 Å². The molecule has 4 rings (SSSR count). The Balaban J connectivity index is 0.00000196. The SMILES string of the molecule is Cl.O=c1oc2c(CNCc3cccc(Cl)c3)c(O)ccc2c2c1CCC2. The van der Waals surface area contributed by atoms with Crippen LogP contribution in [0, 0.1) is 0 Å². The fourth-order valence-electron chi connectivity index (χ4n) is 3.54. The van der Waals surface area contributed by atoms with E-state index in [-0.39, 0.29) is 23.8 Å². The van der Waals surface area contributed by atoms with Gasteiger partial charge in [-0.05, 0) is 54.7 Å². The molecule has 0 radical (unpaired) electrons. The maximum Gasteiger partial charge on any atom is 0.339 e. The van der Waals surface area contributed by atoms with Crippen molar-refractivity contribution in [1.82, 2.24) is 5.32 Å². The molecule has 1 aliphatic rings. The smallest absolute Gasteiger partial charge is 0.339 e. The molecule has 136 valence electrons. The molecule has 4 nitrogen and oxygen atoms in total. The van der Waals surface area contributed by atoms with Gasteiger partial charge in [0.05, 0.1) is 5.56 Å². The van der Waals surface area contributed by atoms with E-state index < -0.39 is 0 Å². The zero-order chi connectivity index (χ0) is 17.4. The molecule has 2 N–H and O–H groups in total. The molecule has 0 fully saturated rings. The molecule has 3 aromatic rings. The Morgan fingerprint density at radius 2 is 1.92 bits per heavy atom. The molecule has 0 saturated heterocycles. The third kappa shape index (κ3) is 3.45. The second-order valence-corrected chi connectivity index (χ2v) is 6.81. The van der Waals surface area contributed by atoms with E-state index in [0.29, 0.717) is 29.3 Å². The minimum atomic E-state index is -0.276. The van der Waals surface area contributed by atoms with Crippen molar-refractivity contribution in [2.75, 3.05) is 0 Å².